The molecule has 1 aromatic heterocycles. The quantitative estimate of drug-likeness (QED) is 0.881. The largest absolute Gasteiger partial charge is 0.486 e. The van der Waals surface area contributed by atoms with Crippen molar-refractivity contribution in [1.29, 1.82) is 0 Å². The summed E-state index contributed by atoms with van der Waals surface area (Å²) in [4.78, 5) is 23.3. The van der Waals surface area contributed by atoms with Crippen LogP contribution in [0.4, 0.5) is 5.69 Å². The number of carbonyl (C=O) groups is 2. The normalized spacial score (nSPS) is 12.8. The molecule has 8 nitrogen and oxygen atoms in total. The van der Waals surface area contributed by atoms with Gasteiger partial charge in [0.2, 0.25) is 0 Å². The van der Waals surface area contributed by atoms with Gasteiger partial charge in [0, 0.05) is 25.0 Å². The number of nitrogens with zero attached hydrogens (tertiary/aromatic N) is 2. The molecule has 114 valence electrons. The van der Waals surface area contributed by atoms with E-state index in [-0.39, 0.29) is 11.3 Å². The molecule has 2 heterocycles. The predicted molar refractivity (Wildman–Crippen MR) is 75.6 cm³/mol. The van der Waals surface area contributed by atoms with Crippen LogP contribution in [0.5, 0.6) is 11.5 Å². The monoisotopic (exact) mass is 303 g/mol. The van der Waals surface area contributed by atoms with Gasteiger partial charge in [-0.05, 0) is 12.1 Å². The maximum absolute atomic E-state index is 12.2. The number of carboxylic acids is 1. The molecule has 2 N–H and O–H groups in total. The maximum Gasteiger partial charge on any atom is 0.357 e. The zero-order chi connectivity index (χ0) is 15.7. The number of hydrogen-bond donors (Lipinski definition) is 2. The van der Waals surface area contributed by atoms with E-state index >= 15 is 0 Å². The first-order chi connectivity index (χ1) is 10.5. The van der Waals surface area contributed by atoms with Gasteiger partial charge in [0.1, 0.15) is 13.2 Å². The fraction of sp³-hybridized carbons (Fsp3) is 0.214. The molecule has 0 unspecified atom stereocenters. The van der Waals surface area contributed by atoms with E-state index in [2.05, 4.69) is 10.4 Å². The number of rotatable bonds is 3. The molecule has 0 saturated heterocycles. The summed E-state index contributed by atoms with van der Waals surface area (Å²) in [6.07, 6.45) is 1.36. The van der Waals surface area contributed by atoms with Gasteiger partial charge in [0.15, 0.2) is 17.2 Å². The van der Waals surface area contributed by atoms with Crippen molar-refractivity contribution in [2.45, 2.75) is 0 Å². The minimum Gasteiger partial charge on any atom is -0.486 e. The first kappa shape index (κ1) is 13.9. The second kappa shape index (κ2) is 5.40. The van der Waals surface area contributed by atoms with Crippen LogP contribution in [-0.4, -0.2) is 40.0 Å². The van der Waals surface area contributed by atoms with Crippen molar-refractivity contribution in [2.24, 2.45) is 7.05 Å². The number of nitrogens with one attached hydrogen (secondary N) is 1. The van der Waals surface area contributed by atoms with Crippen LogP contribution in [0, 0.1) is 0 Å². The van der Waals surface area contributed by atoms with Crippen molar-refractivity contribution in [3.05, 3.63) is 35.7 Å². The second-order valence-electron chi connectivity index (χ2n) is 4.68. The number of benzene rings is 1. The number of hydrogen-bond acceptors (Lipinski definition) is 5. The van der Waals surface area contributed by atoms with Crippen molar-refractivity contribution in [3.63, 3.8) is 0 Å². The standard InChI is InChI=1S/C14H13N3O5/c1-17-7-9(12(16-17)14(19)20)13(18)15-8-2-3-10-11(6-8)22-5-4-21-10/h2-3,6-7H,4-5H2,1H3,(H,15,18)(H,19,20). The van der Waals surface area contributed by atoms with E-state index in [1.807, 2.05) is 0 Å². The summed E-state index contributed by atoms with van der Waals surface area (Å²) in [5, 5.41) is 15.4. The molecule has 1 aliphatic heterocycles. The molecule has 8 heteroatoms. The Morgan fingerprint density at radius 1 is 1.27 bits per heavy atom. The molecule has 3 rings (SSSR count). The van der Waals surface area contributed by atoms with Gasteiger partial charge >= 0.3 is 5.97 Å². The maximum atomic E-state index is 12.2. The van der Waals surface area contributed by atoms with Crippen molar-refractivity contribution in [1.82, 2.24) is 9.78 Å². The zero-order valence-corrected chi connectivity index (χ0v) is 11.7. The number of aromatic carboxylic acids is 1. The fourth-order valence-electron chi connectivity index (χ4n) is 2.13. The van der Waals surface area contributed by atoms with Gasteiger partial charge in [-0.3, -0.25) is 9.48 Å². The topological polar surface area (TPSA) is 103 Å². The van der Waals surface area contributed by atoms with Gasteiger partial charge < -0.3 is 19.9 Å². The average Bonchev–Trinajstić information content (AvgIpc) is 2.89. The van der Waals surface area contributed by atoms with Crippen LogP contribution in [0.25, 0.3) is 0 Å². The number of carboxylic acid groups (broad SMARTS) is 1. The van der Waals surface area contributed by atoms with Gasteiger partial charge in [-0.1, -0.05) is 0 Å². The van der Waals surface area contributed by atoms with E-state index < -0.39 is 11.9 Å². The summed E-state index contributed by atoms with van der Waals surface area (Å²) in [7, 11) is 1.55. The van der Waals surface area contributed by atoms with Crippen LogP contribution in [0.2, 0.25) is 0 Å². The molecule has 0 bridgehead atoms. The Labute approximate surface area is 125 Å². The number of ether oxygens (including phenoxy) is 2. The molecule has 0 spiro atoms. The van der Waals surface area contributed by atoms with E-state index in [1.165, 1.54) is 10.9 Å². The molecule has 1 amide bonds. The van der Waals surface area contributed by atoms with Crippen LogP contribution >= 0.6 is 0 Å². The lowest BCUT2D eigenvalue weighted by Gasteiger charge is -2.18. The van der Waals surface area contributed by atoms with Crippen LogP contribution in [-0.2, 0) is 7.05 Å². The summed E-state index contributed by atoms with van der Waals surface area (Å²) in [5.41, 5.74) is 0.178. The van der Waals surface area contributed by atoms with Crippen molar-refractivity contribution < 1.29 is 24.2 Å². The minimum atomic E-state index is -1.26. The molecular weight excluding hydrogens is 290 g/mol. The molecule has 0 saturated carbocycles. The molecule has 0 radical (unpaired) electrons. The van der Waals surface area contributed by atoms with Gasteiger partial charge in [-0.2, -0.15) is 5.10 Å². The van der Waals surface area contributed by atoms with E-state index in [0.717, 1.165) is 0 Å². The molecular formula is C14H13N3O5. The van der Waals surface area contributed by atoms with Gasteiger partial charge in [-0.15, -0.1) is 0 Å². The Hall–Kier alpha value is -3.03. The Morgan fingerprint density at radius 2 is 2.00 bits per heavy atom. The summed E-state index contributed by atoms with van der Waals surface area (Å²) in [6.45, 7) is 0.923. The molecule has 0 aliphatic carbocycles. The van der Waals surface area contributed by atoms with Gasteiger partial charge in [0.05, 0.1) is 5.56 Å². The highest BCUT2D eigenvalue weighted by atomic mass is 16.6. The summed E-state index contributed by atoms with van der Waals surface area (Å²) >= 11 is 0. The van der Waals surface area contributed by atoms with Crippen LogP contribution in [0.3, 0.4) is 0 Å². The third-order valence-electron chi connectivity index (χ3n) is 3.08. The molecule has 0 fully saturated rings. The van der Waals surface area contributed by atoms with E-state index in [1.54, 1.807) is 25.2 Å². The Bertz CT molecular complexity index is 753. The first-order valence-electron chi connectivity index (χ1n) is 6.52. The molecule has 22 heavy (non-hydrogen) atoms. The van der Waals surface area contributed by atoms with Crippen molar-refractivity contribution in [2.75, 3.05) is 18.5 Å². The Balaban J connectivity index is 1.84. The number of fused-ring (bicyclic) bond motifs is 1. The third-order valence-corrected chi connectivity index (χ3v) is 3.08. The van der Waals surface area contributed by atoms with E-state index in [0.29, 0.717) is 30.4 Å². The number of aromatic nitrogens is 2. The van der Waals surface area contributed by atoms with Gasteiger partial charge in [0.25, 0.3) is 5.91 Å². The number of anilines is 1. The predicted octanol–water partition coefficient (Wildman–Crippen LogP) is 1.14. The summed E-state index contributed by atoms with van der Waals surface area (Å²) in [5.74, 6) is -0.666. The van der Waals surface area contributed by atoms with Crippen molar-refractivity contribution in [3.8, 4) is 11.5 Å². The van der Waals surface area contributed by atoms with Crippen LogP contribution in [0.1, 0.15) is 20.8 Å². The van der Waals surface area contributed by atoms with Crippen LogP contribution < -0.4 is 14.8 Å². The Kier molecular flexibility index (Phi) is 3.42. The fourth-order valence-corrected chi connectivity index (χ4v) is 2.13. The number of aryl methyl sites for hydroxylation is 1. The minimum absolute atomic E-state index is 0.00936. The lowest BCUT2D eigenvalue weighted by Crippen LogP contribution is -2.17. The van der Waals surface area contributed by atoms with Gasteiger partial charge in [-0.25, -0.2) is 4.79 Å². The SMILES string of the molecule is Cn1cc(C(=O)Nc2ccc3c(c2)OCCO3)c(C(=O)O)n1. The molecule has 1 aromatic carbocycles. The molecule has 2 aromatic rings. The smallest absolute Gasteiger partial charge is 0.357 e. The van der Waals surface area contributed by atoms with E-state index in [9.17, 15) is 9.59 Å². The van der Waals surface area contributed by atoms with Crippen molar-refractivity contribution >= 4 is 17.6 Å². The Morgan fingerprint density at radius 3 is 2.73 bits per heavy atom. The first-order valence-corrected chi connectivity index (χ1v) is 6.52. The number of carbonyl (C=O) groups excluding carboxylic acids is 1. The van der Waals surface area contributed by atoms with E-state index in [4.69, 9.17) is 14.6 Å². The van der Waals surface area contributed by atoms with Crippen LogP contribution in [0.15, 0.2) is 24.4 Å². The summed E-state index contributed by atoms with van der Waals surface area (Å²) in [6, 6.07) is 4.97. The lowest BCUT2D eigenvalue weighted by atomic mass is 10.2. The highest BCUT2D eigenvalue weighted by Crippen LogP contribution is 2.32. The highest BCUT2D eigenvalue weighted by molar-refractivity contribution is 6.09. The summed E-state index contributed by atoms with van der Waals surface area (Å²) < 4.78 is 12.1. The second-order valence-corrected chi connectivity index (χ2v) is 4.68. The molecule has 0 atom stereocenters. The number of amides is 1. The third kappa shape index (κ3) is 2.58. The highest BCUT2D eigenvalue weighted by Gasteiger charge is 2.21. The molecule has 1 aliphatic rings. The zero-order valence-electron chi connectivity index (χ0n) is 11.7. The average molecular weight is 303 g/mol. The lowest BCUT2D eigenvalue weighted by molar-refractivity contribution is 0.0685.